The lowest BCUT2D eigenvalue weighted by molar-refractivity contribution is 0.187. The van der Waals surface area contributed by atoms with Crippen LogP contribution in [-0.2, 0) is 16.4 Å². The smallest absolute Gasteiger partial charge is 0.0945 e. The van der Waals surface area contributed by atoms with Crippen LogP contribution in [0.5, 0.6) is 0 Å². The predicted molar refractivity (Wildman–Crippen MR) is 88.3 cm³/mol. The normalized spacial score (nSPS) is 16.7. The Hall–Kier alpha value is -0.360. The van der Waals surface area contributed by atoms with Crippen LogP contribution in [0.25, 0.3) is 0 Å². The fourth-order valence-corrected chi connectivity index (χ4v) is 3.50. The summed E-state index contributed by atoms with van der Waals surface area (Å²) in [5.74, 6) is 1.04. The number of aliphatic hydroxyl groups excluding tert-OH is 1. The number of thioether (sulfide) groups is 1. The molecule has 0 radical (unpaired) electrons. The van der Waals surface area contributed by atoms with E-state index in [9.17, 15) is 9.32 Å². The van der Waals surface area contributed by atoms with Gasteiger partial charge < -0.3 is 5.11 Å². The van der Waals surface area contributed by atoms with Crippen molar-refractivity contribution in [3.8, 4) is 0 Å². The fourth-order valence-electron chi connectivity index (χ4n) is 2.38. The molecule has 5 heteroatoms. The lowest BCUT2D eigenvalue weighted by atomic mass is 9.76. The van der Waals surface area contributed by atoms with Gasteiger partial charge in [-0.15, -0.1) is 11.8 Å². The molecule has 0 fully saturated rings. The van der Waals surface area contributed by atoms with Crippen LogP contribution in [0, 0.1) is 0 Å². The van der Waals surface area contributed by atoms with Gasteiger partial charge in [-0.05, 0) is 43.7 Å². The molecule has 3 N–H and O–H groups in total. The molecule has 0 bridgehead atoms. The lowest BCUT2D eigenvalue weighted by Crippen LogP contribution is -2.41. The molecule has 3 nitrogen and oxygen atoms in total. The summed E-state index contributed by atoms with van der Waals surface area (Å²) in [7, 11) is -1.42. The molecule has 1 aromatic rings. The number of aliphatic hydroxyl groups is 1. The molecule has 0 aliphatic carbocycles. The molecule has 20 heavy (non-hydrogen) atoms. The highest BCUT2D eigenvalue weighted by Gasteiger charge is 2.36. The number of hydrogen-bond acceptors (Lipinski definition) is 3. The zero-order chi connectivity index (χ0) is 15.4. The van der Waals surface area contributed by atoms with Gasteiger partial charge in [0.25, 0.3) is 0 Å². The first kappa shape index (κ1) is 17.7. The highest BCUT2D eigenvalue weighted by Crippen LogP contribution is 2.35. The maximum Gasteiger partial charge on any atom is 0.0945 e. The van der Waals surface area contributed by atoms with Crippen LogP contribution in [-0.4, -0.2) is 26.4 Å². The van der Waals surface area contributed by atoms with E-state index >= 15 is 0 Å². The molecule has 0 aliphatic heterocycles. The first-order valence-electron chi connectivity index (χ1n) is 6.75. The number of rotatable bonds is 7. The van der Waals surface area contributed by atoms with Crippen LogP contribution in [0.15, 0.2) is 29.2 Å². The van der Waals surface area contributed by atoms with Crippen molar-refractivity contribution in [1.82, 2.24) is 0 Å². The Balaban J connectivity index is 3.01. The van der Waals surface area contributed by atoms with Crippen molar-refractivity contribution in [2.75, 3.05) is 12.4 Å². The van der Waals surface area contributed by atoms with E-state index in [0.29, 0.717) is 6.42 Å². The molecule has 0 amide bonds. The Morgan fingerprint density at radius 1 is 1.25 bits per heavy atom. The van der Waals surface area contributed by atoms with Crippen LogP contribution < -0.4 is 5.14 Å². The summed E-state index contributed by atoms with van der Waals surface area (Å²) in [5.41, 5.74) is 0.618. The maximum atomic E-state index is 11.6. The Kier molecular flexibility index (Phi) is 6.25. The third-order valence-corrected chi connectivity index (χ3v) is 5.70. The quantitative estimate of drug-likeness (QED) is 0.761. The van der Waals surface area contributed by atoms with Gasteiger partial charge in [0.2, 0.25) is 0 Å². The summed E-state index contributed by atoms with van der Waals surface area (Å²) in [5, 5.41) is 15.4. The monoisotopic (exact) mass is 315 g/mol. The summed E-state index contributed by atoms with van der Waals surface area (Å²) < 4.78 is 11.1. The summed E-state index contributed by atoms with van der Waals surface area (Å²) in [6.07, 6.45) is 0.569. The fraction of sp³-hybridized carbons (Fsp3) is 0.600. The standard InChI is InChI=1S/C15H25NO2S2/c1-5-19-13-8-6-12(7-9-13)15(4,11-17)10-14(2,3)20(16)18/h6-9,17H,5,10-11,16H2,1-4H3/t15-,20?/m0/s1. The zero-order valence-electron chi connectivity index (χ0n) is 12.7. The summed E-state index contributed by atoms with van der Waals surface area (Å²) >= 11 is 1.79. The number of hydrogen-bond donors (Lipinski definition) is 2. The molecular weight excluding hydrogens is 290 g/mol. The second-order valence-corrected chi connectivity index (χ2v) is 8.95. The van der Waals surface area contributed by atoms with Crippen LogP contribution in [0.1, 0.15) is 39.7 Å². The van der Waals surface area contributed by atoms with Crippen LogP contribution in [0.2, 0.25) is 0 Å². The molecule has 0 spiro atoms. The second-order valence-electron chi connectivity index (χ2n) is 5.91. The minimum atomic E-state index is -1.42. The molecule has 1 unspecified atom stereocenters. The zero-order valence-corrected chi connectivity index (χ0v) is 14.3. The van der Waals surface area contributed by atoms with E-state index in [1.807, 2.05) is 32.9 Å². The van der Waals surface area contributed by atoms with Crippen molar-refractivity contribution in [3.05, 3.63) is 29.8 Å². The number of nitrogens with two attached hydrogens (primary N) is 1. The van der Waals surface area contributed by atoms with Gasteiger partial charge in [0.05, 0.1) is 22.3 Å². The molecule has 2 atom stereocenters. The molecule has 0 aliphatic rings. The van der Waals surface area contributed by atoms with Gasteiger partial charge in [-0.2, -0.15) is 0 Å². The molecule has 0 heterocycles. The van der Waals surface area contributed by atoms with Gasteiger partial charge >= 0.3 is 0 Å². The molecule has 1 aromatic carbocycles. The topological polar surface area (TPSA) is 63.3 Å². The molecule has 0 saturated heterocycles. The van der Waals surface area contributed by atoms with Gasteiger partial charge in [-0.3, -0.25) is 5.14 Å². The highest BCUT2D eigenvalue weighted by atomic mass is 32.2. The third-order valence-electron chi connectivity index (χ3n) is 3.57. The SMILES string of the molecule is CCSc1ccc([C@](C)(CO)CC(C)(C)S(N)=O)cc1. The van der Waals surface area contributed by atoms with Crippen molar-refractivity contribution < 1.29 is 9.32 Å². The first-order chi connectivity index (χ1) is 9.25. The van der Waals surface area contributed by atoms with Gasteiger partial charge in [0.15, 0.2) is 0 Å². The minimum Gasteiger partial charge on any atom is -0.395 e. The third kappa shape index (κ3) is 4.32. The van der Waals surface area contributed by atoms with Crippen LogP contribution in [0.4, 0.5) is 0 Å². The summed E-state index contributed by atoms with van der Waals surface area (Å²) in [4.78, 5) is 1.22. The predicted octanol–water partition coefficient (Wildman–Crippen LogP) is 2.84. The Bertz CT molecular complexity index is 459. The van der Waals surface area contributed by atoms with E-state index in [-0.39, 0.29) is 6.61 Å². The van der Waals surface area contributed by atoms with Gasteiger partial charge in [0, 0.05) is 10.3 Å². The van der Waals surface area contributed by atoms with Crippen molar-refractivity contribution >= 4 is 22.7 Å². The van der Waals surface area contributed by atoms with Gasteiger partial charge in [-0.25, -0.2) is 4.21 Å². The first-order valence-corrected chi connectivity index (χ1v) is 8.95. The van der Waals surface area contributed by atoms with Crippen molar-refractivity contribution in [1.29, 1.82) is 0 Å². The van der Waals surface area contributed by atoms with Crippen LogP contribution in [0.3, 0.4) is 0 Å². The van der Waals surface area contributed by atoms with E-state index in [1.54, 1.807) is 11.8 Å². The van der Waals surface area contributed by atoms with Crippen molar-refractivity contribution in [2.45, 2.75) is 49.2 Å². The van der Waals surface area contributed by atoms with Crippen molar-refractivity contribution in [2.24, 2.45) is 5.14 Å². The van der Waals surface area contributed by atoms with E-state index in [0.717, 1.165) is 11.3 Å². The Morgan fingerprint density at radius 3 is 2.20 bits per heavy atom. The van der Waals surface area contributed by atoms with E-state index < -0.39 is 21.1 Å². The van der Waals surface area contributed by atoms with Crippen LogP contribution >= 0.6 is 11.8 Å². The van der Waals surface area contributed by atoms with E-state index in [2.05, 4.69) is 19.1 Å². The van der Waals surface area contributed by atoms with Gasteiger partial charge in [-0.1, -0.05) is 26.0 Å². The van der Waals surface area contributed by atoms with Gasteiger partial charge in [0.1, 0.15) is 0 Å². The maximum absolute atomic E-state index is 11.6. The second kappa shape index (κ2) is 7.07. The summed E-state index contributed by atoms with van der Waals surface area (Å²) in [6.45, 7) is 7.86. The Morgan fingerprint density at radius 2 is 1.80 bits per heavy atom. The Labute approximate surface area is 128 Å². The highest BCUT2D eigenvalue weighted by molar-refractivity contribution is 7.99. The average molecular weight is 316 g/mol. The lowest BCUT2D eigenvalue weighted by Gasteiger charge is -2.35. The molecule has 114 valence electrons. The largest absolute Gasteiger partial charge is 0.395 e. The minimum absolute atomic E-state index is 0.00783. The van der Waals surface area contributed by atoms with E-state index in [1.165, 1.54) is 4.90 Å². The average Bonchev–Trinajstić information content (AvgIpc) is 2.39. The molecule has 1 rings (SSSR count). The molecule has 0 saturated carbocycles. The summed E-state index contributed by atoms with van der Waals surface area (Å²) in [6, 6.07) is 8.24. The van der Waals surface area contributed by atoms with Crippen molar-refractivity contribution in [3.63, 3.8) is 0 Å². The molecule has 0 aromatic heterocycles. The van der Waals surface area contributed by atoms with E-state index in [4.69, 9.17) is 5.14 Å². The number of benzene rings is 1. The molecular formula is C15H25NO2S2.